The highest BCUT2D eigenvalue weighted by atomic mass is 19.4. The lowest BCUT2D eigenvalue weighted by Crippen LogP contribution is -2.42. The zero-order valence-electron chi connectivity index (χ0n) is 21.2. The number of benzene rings is 2. The van der Waals surface area contributed by atoms with Crippen molar-refractivity contribution in [1.82, 2.24) is 4.98 Å². The lowest BCUT2D eigenvalue weighted by molar-refractivity contribution is -0.137. The van der Waals surface area contributed by atoms with Gasteiger partial charge in [-0.3, -0.25) is 4.90 Å². The predicted molar refractivity (Wildman–Crippen MR) is 142 cm³/mol. The molecule has 0 bridgehead atoms. The van der Waals surface area contributed by atoms with Crippen LogP contribution in [0, 0.1) is 6.92 Å². The minimum absolute atomic E-state index is 0.201. The highest BCUT2D eigenvalue weighted by Crippen LogP contribution is 2.37. The Hall–Kier alpha value is -4.27. The fraction of sp³-hybridized carbons (Fsp3) is 0.241. The van der Waals surface area contributed by atoms with Gasteiger partial charge in [0.15, 0.2) is 5.82 Å². The first kappa shape index (κ1) is 25.4. The van der Waals surface area contributed by atoms with Crippen molar-refractivity contribution in [1.29, 1.82) is 0 Å². The number of amides is 2. The molecule has 196 valence electrons. The number of urea groups is 1. The number of rotatable bonds is 3. The van der Waals surface area contributed by atoms with E-state index in [1.165, 1.54) is 6.07 Å². The second-order valence-corrected chi connectivity index (χ2v) is 9.46. The highest BCUT2D eigenvalue weighted by Gasteiger charge is 2.32. The van der Waals surface area contributed by atoms with Crippen LogP contribution in [0.15, 0.2) is 77.2 Å². The SMILES string of the molecule is Cc1ccc(-c2ccc(NC(=O)N3c4nc(-c5cccc(C(F)(F)F)c5)ccc4N(C)CC[C@H]3C)cc2)o1. The van der Waals surface area contributed by atoms with Gasteiger partial charge in [0.05, 0.1) is 16.9 Å². The maximum absolute atomic E-state index is 13.6. The molecule has 0 unspecified atom stereocenters. The molecule has 4 aromatic rings. The average molecular weight is 521 g/mol. The molecule has 0 saturated heterocycles. The molecule has 0 spiro atoms. The molecule has 2 aromatic carbocycles. The smallest absolute Gasteiger partial charge is 0.416 e. The summed E-state index contributed by atoms with van der Waals surface area (Å²) in [7, 11) is 1.91. The van der Waals surface area contributed by atoms with Gasteiger partial charge in [-0.05, 0) is 80.9 Å². The number of aromatic nitrogens is 1. The number of carbonyl (C=O) groups is 1. The van der Waals surface area contributed by atoms with Gasteiger partial charge in [-0.25, -0.2) is 9.78 Å². The molecule has 5 rings (SSSR count). The van der Waals surface area contributed by atoms with E-state index in [2.05, 4.69) is 5.32 Å². The summed E-state index contributed by atoms with van der Waals surface area (Å²) < 4.78 is 45.6. The number of nitrogens with one attached hydrogen (secondary N) is 1. The molecule has 0 aliphatic carbocycles. The van der Waals surface area contributed by atoms with E-state index < -0.39 is 11.7 Å². The summed E-state index contributed by atoms with van der Waals surface area (Å²) in [5, 5.41) is 2.95. The van der Waals surface area contributed by atoms with E-state index in [-0.39, 0.29) is 12.1 Å². The second kappa shape index (κ2) is 9.89. The van der Waals surface area contributed by atoms with Gasteiger partial charge < -0.3 is 14.6 Å². The quantitative estimate of drug-likeness (QED) is 0.302. The Morgan fingerprint density at radius 1 is 1.03 bits per heavy atom. The van der Waals surface area contributed by atoms with Crippen molar-refractivity contribution in [2.24, 2.45) is 0 Å². The van der Waals surface area contributed by atoms with Crippen LogP contribution in [0.1, 0.15) is 24.7 Å². The fourth-order valence-electron chi connectivity index (χ4n) is 4.56. The zero-order valence-corrected chi connectivity index (χ0v) is 21.2. The molecule has 1 aliphatic rings. The molecular weight excluding hydrogens is 493 g/mol. The third-order valence-electron chi connectivity index (χ3n) is 6.68. The average Bonchev–Trinajstić information content (AvgIpc) is 3.28. The van der Waals surface area contributed by atoms with Crippen LogP contribution < -0.4 is 15.1 Å². The number of pyridine rings is 1. The number of alkyl halides is 3. The van der Waals surface area contributed by atoms with Crippen LogP contribution in [0.2, 0.25) is 0 Å². The van der Waals surface area contributed by atoms with Crippen molar-refractivity contribution >= 4 is 23.2 Å². The Kier molecular flexibility index (Phi) is 6.60. The number of anilines is 3. The molecule has 6 nitrogen and oxygen atoms in total. The van der Waals surface area contributed by atoms with Gasteiger partial charge in [0.1, 0.15) is 11.5 Å². The van der Waals surface area contributed by atoms with Crippen molar-refractivity contribution in [3.8, 4) is 22.6 Å². The molecule has 38 heavy (non-hydrogen) atoms. The van der Waals surface area contributed by atoms with E-state index in [0.717, 1.165) is 34.9 Å². The standard InChI is InChI=1S/C29H27F3N4O2/c1-18-15-16-35(3)25-13-12-24(21-5-4-6-22(17-21)29(30,31)32)34-27(25)36(18)28(37)33-23-10-8-20(9-11-23)26-14-7-19(2)38-26/h4-14,17-18H,15-16H2,1-3H3,(H,33,37)/t18-/m1/s1. The predicted octanol–water partition coefficient (Wildman–Crippen LogP) is 7.60. The lowest BCUT2D eigenvalue weighted by Gasteiger charge is -2.28. The maximum Gasteiger partial charge on any atom is 0.416 e. The molecule has 0 radical (unpaired) electrons. The van der Waals surface area contributed by atoms with E-state index in [4.69, 9.17) is 9.40 Å². The molecule has 1 N–H and O–H groups in total. The van der Waals surface area contributed by atoms with Gasteiger partial charge in [-0.2, -0.15) is 13.2 Å². The van der Waals surface area contributed by atoms with Gasteiger partial charge in [-0.15, -0.1) is 0 Å². The van der Waals surface area contributed by atoms with Gasteiger partial charge >= 0.3 is 12.2 Å². The molecular formula is C29H27F3N4O2. The van der Waals surface area contributed by atoms with E-state index in [9.17, 15) is 18.0 Å². The summed E-state index contributed by atoms with van der Waals surface area (Å²) in [5.41, 5.74) is 2.14. The van der Waals surface area contributed by atoms with Crippen molar-refractivity contribution < 1.29 is 22.4 Å². The van der Waals surface area contributed by atoms with Crippen LogP contribution in [-0.4, -0.2) is 30.6 Å². The van der Waals surface area contributed by atoms with Crippen molar-refractivity contribution in [3.05, 3.63) is 84.1 Å². The van der Waals surface area contributed by atoms with Gasteiger partial charge in [0.2, 0.25) is 0 Å². The topological polar surface area (TPSA) is 61.6 Å². The molecule has 0 saturated carbocycles. The minimum atomic E-state index is -4.46. The first-order valence-corrected chi connectivity index (χ1v) is 12.3. The fourth-order valence-corrected chi connectivity index (χ4v) is 4.56. The second-order valence-electron chi connectivity index (χ2n) is 9.46. The normalized spacial score (nSPS) is 15.7. The molecule has 9 heteroatoms. The van der Waals surface area contributed by atoms with Crippen molar-refractivity contribution in [2.45, 2.75) is 32.5 Å². The van der Waals surface area contributed by atoms with Crippen LogP contribution in [0.5, 0.6) is 0 Å². The van der Waals surface area contributed by atoms with Crippen LogP contribution in [0.3, 0.4) is 0 Å². The summed E-state index contributed by atoms with van der Waals surface area (Å²) in [6.45, 7) is 4.51. The number of aryl methyl sites for hydroxylation is 1. The zero-order chi connectivity index (χ0) is 27.0. The molecule has 3 heterocycles. The summed E-state index contributed by atoms with van der Waals surface area (Å²) in [5.74, 6) is 1.95. The van der Waals surface area contributed by atoms with E-state index >= 15 is 0 Å². The highest BCUT2D eigenvalue weighted by molar-refractivity contribution is 6.04. The van der Waals surface area contributed by atoms with E-state index in [1.54, 1.807) is 35.2 Å². The number of furan rings is 1. The molecule has 1 aliphatic heterocycles. The molecule has 0 fully saturated rings. The summed E-state index contributed by atoms with van der Waals surface area (Å²) in [4.78, 5) is 21.9. The summed E-state index contributed by atoms with van der Waals surface area (Å²) in [6.07, 6.45) is -3.77. The Bertz CT molecular complexity index is 1460. The Morgan fingerprint density at radius 2 is 1.79 bits per heavy atom. The van der Waals surface area contributed by atoms with Gasteiger partial charge in [0.25, 0.3) is 0 Å². The minimum Gasteiger partial charge on any atom is -0.461 e. The summed E-state index contributed by atoms with van der Waals surface area (Å²) >= 11 is 0. The van der Waals surface area contributed by atoms with E-state index in [0.29, 0.717) is 35.7 Å². The maximum atomic E-state index is 13.6. The lowest BCUT2D eigenvalue weighted by atomic mass is 10.1. The van der Waals surface area contributed by atoms with Gasteiger partial charge in [-0.1, -0.05) is 12.1 Å². The number of hydrogen-bond acceptors (Lipinski definition) is 4. The van der Waals surface area contributed by atoms with Crippen molar-refractivity contribution in [3.63, 3.8) is 0 Å². The molecule has 2 aromatic heterocycles. The van der Waals surface area contributed by atoms with Crippen LogP contribution in [-0.2, 0) is 6.18 Å². The Labute approximate surface area is 218 Å². The van der Waals surface area contributed by atoms with Crippen LogP contribution in [0.4, 0.5) is 35.2 Å². The monoisotopic (exact) mass is 520 g/mol. The number of carbonyl (C=O) groups excluding carboxylic acids is 1. The Balaban J connectivity index is 1.47. The third kappa shape index (κ3) is 5.09. The number of hydrogen-bond donors (Lipinski definition) is 1. The third-order valence-corrected chi connectivity index (χ3v) is 6.68. The number of nitrogens with zero attached hydrogens (tertiary/aromatic N) is 3. The molecule has 2 amide bonds. The van der Waals surface area contributed by atoms with Gasteiger partial charge in [0, 0.05) is 36.4 Å². The first-order chi connectivity index (χ1) is 18.1. The first-order valence-electron chi connectivity index (χ1n) is 12.3. The number of halogens is 3. The largest absolute Gasteiger partial charge is 0.461 e. The summed E-state index contributed by atoms with van der Waals surface area (Å²) in [6, 6.07) is 19.1. The Morgan fingerprint density at radius 3 is 2.47 bits per heavy atom. The number of fused-ring (bicyclic) bond motifs is 1. The van der Waals surface area contributed by atoms with Crippen LogP contribution >= 0.6 is 0 Å². The van der Waals surface area contributed by atoms with Crippen molar-refractivity contribution in [2.75, 3.05) is 28.7 Å². The molecule has 1 atom stereocenters. The van der Waals surface area contributed by atoms with E-state index in [1.807, 2.05) is 50.1 Å². The van der Waals surface area contributed by atoms with Crippen LogP contribution in [0.25, 0.3) is 22.6 Å².